The third kappa shape index (κ3) is 88.4. The summed E-state index contributed by atoms with van der Waals surface area (Å²) in [5, 5.41) is 0. The van der Waals surface area contributed by atoms with Crippen molar-refractivity contribution in [2.75, 3.05) is 0 Å². The van der Waals surface area contributed by atoms with E-state index in [0.29, 0.717) is 0 Å². The van der Waals surface area contributed by atoms with Crippen molar-refractivity contribution in [2.24, 2.45) is 0 Å². The van der Waals surface area contributed by atoms with Crippen LogP contribution in [0, 0.1) is 0 Å². The molecule has 0 aromatic heterocycles. The van der Waals surface area contributed by atoms with E-state index in [1.807, 2.05) is 0 Å². The Kier molecular flexibility index (Phi) is 45.5. The first-order chi connectivity index (χ1) is 2.00. The normalized spacial score (nSPS) is 8.22. The predicted molar refractivity (Wildman–Crippen MR) is 8.60 cm³/mol. The third-order valence-corrected chi connectivity index (χ3v) is 0. The third-order valence-electron chi connectivity index (χ3n) is 0. The summed E-state index contributed by atoms with van der Waals surface area (Å²) >= 11 is -6.06. The average Bonchev–Trinajstić information content (AvgIpc) is 0.722. The second-order valence-corrected chi connectivity index (χ2v) is 2.89. The van der Waals surface area contributed by atoms with Gasteiger partial charge in [-0.2, -0.15) is 0 Å². The van der Waals surface area contributed by atoms with Gasteiger partial charge in [-0.25, -0.2) is 0 Å². The van der Waals surface area contributed by atoms with Crippen LogP contribution in [-0.2, 0) is 22.7 Å². The van der Waals surface area contributed by atoms with Crippen LogP contribution in [0.5, 0.6) is 0 Å². The molecule has 0 aliphatic heterocycles. The van der Waals surface area contributed by atoms with E-state index in [4.69, 9.17) is 14.9 Å². The standard InChI is InChI=1S/2K.2H2O.4O.Os/h;;2*1H2;;;;;/q2*+1;;;;;2*-1;. The van der Waals surface area contributed by atoms with Gasteiger partial charge in [0.15, 0.2) is 0 Å². The van der Waals surface area contributed by atoms with Gasteiger partial charge in [0, 0.05) is 0 Å². The van der Waals surface area contributed by atoms with Crippen molar-refractivity contribution in [1.29, 1.82) is 0 Å². The molecule has 0 rings (SSSR count). The topological polar surface area (TPSA) is 143 Å². The quantitative estimate of drug-likeness (QED) is 0.391. The molecule has 0 saturated heterocycles. The second kappa shape index (κ2) is 13.9. The van der Waals surface area contributed by atoms with Crippen LogP contribution >= 0.6 is 0 Å². The van der Waals surface area contributed by atoms with Gasteiger partial charge in [-0.05, 0) is 0 Å². The van der Waals surface area contributed by atoms with E-state index >= 15 is 0 Å². The van der Waals surface area contributed by atoms with Crippen molar-refractivity contribution in [3.8, 4) is 0 Å². The number of rotatable bonds is 0. The Morgan fingerprint density at radius 3 is 0.889 bits per heavy atom. The summed E-state index contributed by atoms with van der Waals surface area (Å²) in [6, 6.07) is 0. The first kappa shape index (κ1) is 29.5. The van der Waals surface area contributed by atoms with Crippen LogP contribution in [0.25, 0.3) is 0 Å². The van der Waals surface area contributed by atoms with E-state index < -0.39 is 15.7 Å². The molecule has 0 saturated carbocycles. The fourth-order valence-electron chi connectivity index (χ4n) is 0. The van der Waals surface area contributed by atoms with E-state index in [2.05, 4.69) is 0 Å². The van der Waals surface area contributed by atoms with Gasteiger partial charge >= 0.3 is 133 Å². The van der Waals surface area contributed by atoms with E-state index in [-0.39, 0.29) is 114 Å². The van der Waals surface area contributed by atoms with Crippen LogP contribution in [-0.4, -0.2) is 11.0 Å². The van der Waals surface area contributed by atoms with E-state index in [9.17, 15) is 0 Å². The summed E-state index contributed by atoms with van der Waals surface area (Å²) in [5.74, 6) is 0. The van der Waals surface area contributed by atoms with Gasteiger partial charge < -0.3 is 11.0 Å². The molecule has 0 unspecified atom stereocenters. The van der Waals surface area contributed by atoms with Crippen molar-refractivity contribution < 1.29 is 144 Å². The molecule has 0 aliphatic rings. The Morgan fingerprint density at radius 2 is 0.889 bits per heavy atom. The minimum atomic E-state index is -6.06. The van der Waals surface area contributed by atoms with Crippen LogP contribution in [0.1, 0.15) is 0 Å². The molecule has 0 aromatic carbocycles. The van der Waals surface area contributed by atoms with Crippen LogP contribution < -0.4 is 111 Å². The summed E-state index contributed by atoms with van der Waals surface area (Å²) in [7, 11) is 0. The molecule has 0 atom stereocenters. The van der Waals surface area contributed by atoms with Gasteiger partial charge in [-0.3, -0.25) is 0 Å². The summed E-state index contributed by atoms with van der Waals surface area (Å²) in [5.41, 5.74) is 0. The fraction of sp³-hybridized carbons (Fsp3) is 0. The summed E-state index contributed by atoms with van der Waals surface area (Å²) in [6.45, 7) is 0. The molecule has 0 bridgehead atoms. The fourth-order valence-corrected chi connectivity index (χ4v) is 0. The molecule has 0 aliphatic carbocycles. The van der Waals surface area contributed by atoms with Crippen molar-refractivity contribution >= 4 is 0 Å². The molecule has 0 spiro atoms. The maximum atomic E-state index is 8.63. The van der Waals surface area contributed by atoms with Gasteiger partial charge in [0.25, 0.3) is 0 Å². The number of hydrogen-bond acceptors (Lipinski definition) is 4. The monoisotopic (exact) mass is 370 g/mol. The summed E-state index contributed by atoms with van der Waals surface area (Å²) < 4.78 is 34.5. The van der Waals surface area contributed by atoms with Gasteiger partial charge in [0.05, 0.1) is 0 Å². The molecular weight excluding hydrogens is 364 g/mol. The average molecular weight is 368 g/mol. The zero-order valence-corrected chi connectivity index (χ0v) is 13.8. The van der Waals surface area contributed by atoms with Gasteiger partial charge in [0.2, 0.25) is 0 Å². The van der Waals surface area contributed by atoms with Crippen LogP contribution in [0.2, 0.25) is 0 Å². The van der Waals surface area contributed by atoms with E-state index in [0.717, 1.165) is 0 Å². The molecule has 6 nitrogen and oxygen atoms in total. The SMILES string of the molecule is O.O.[K+].[K+].[O]=[Os](=[O])([O-])[O-]. The molecule has 0 fully saturated rings. The van der Waals surface area contributed by atoms with Gasteiger partial charge in [-0.15, -0.1) is 0 Å². The van der Waals surface area contributed by atoms with Gasteiger partial charge in [0.1, 0.15) is 0 Å². The maximum absolute atomic E-state index is 8.63. The molecular formula is H4K2O6Os. The molecule has 4 N–H and O–H groups in total. The second-order valence-electron chi connectivity index (χ2n) is 0.354. The van der Waals surface area contributed by atoms with Crippen molar-refractivity contribution in [2.45, 2.75) is 0 Å². The van der Waals surface area contributed by atoms with Crippen molar-refractivity contribution in [3.63, 3.8) is 0 Å². The van der Waals surface area contributed by atoms with Gasteiger partial charge in [-0.1, -0.05) is 0 Å². The predicted octanol–water partition coefficient (Wildman–Crippen LogP) is -10.3. The minimum absolute atomic E-state index is 0. The van der Waals surface area contributed by atoms with E-state index in [1.165, 1.54) is 0 Å². The zero-order chi connectivity index (χ0) is 4.50. The first-order valence-corrected chi connectivity index (χ1v) is 4.73. The van der Waals surface area contributed by atoms with E-state index in [1.54, 1.807) is 0 Å². The summed E-state index contributed by atoms with van der Waals surface area (Å²) in [4.78, 5) is 0. The van der Waals surface area contributed by atoms with Crippen LogP contribution in [0.4, 0.5) is 0 Å². The Bertz CT molecular complexity index is 94.2. The van der Waals surface area contributed by atoms with Crippen molar-refractivity contribution in [3.05, 3.63) is 0 Å². The Balaban J connectivity index is -0.0000000133. The molecule has 9 heavy (non-hydrogen) atoms. The molecule has 0 aromatic rings. The Labute approximate surface area is 140 Å². The summed E-state index contributed by atoms with van der Waals surface area (Å²) in [6.07, 6.45) is 0. The molecule has 50 valence electrons. The number of hydrogen-bond donors (Lipinski definition) is 0. The Hall–Kier alpha value is 3.35. The van der Waals surface area contributed by atoms with Crippen LogP contribution in [0.3, 0.4) is 0 Å². The molecule has 0 amide bonds. The molecule has 0 radical (unpaired) electrons. The Morgan fingerprint density at radius 1 is 0.889 bits per heavy atom. The molecule has 0 heterocycles. The van der Waals surface area contributed by atoms with Crippen LogP contribution in [0.15, 0.2) is 0 Å². The van der Waals surface area contributed by atoms with Crippen molar-refractivity contribution in [1.82, 2.24) is 0 Å². The molecule has 9 heteroatoms. The first-order valence-electron chi connectivity index (χ1n) is 0.577. The zero-order valence-electron chi connectivity index (χ0n) is 4.99.